The molecule has 1 heterocycles. The fourth-order valence-corrected chi connectivity index (χ4v) is 2.94. The Morgan fingerprint density at radius 2 is 1.92 bits per heavy atom. The minimum atomic E-state index is -0.499. The Morgan fingerprint density at radius 1 is 1.20 bits per heavy atom. The number of anilines is 2. The van der Waals surface area contributed by atoms with Gasteiger partial charge in [-0.05, 0) is 17.7 Å². The van der Waals surface area contributed by atoms with Gasteiger partial charge in [0.1, 0.15) is 5.75 Å². The number of methoxy groups -OCH3 is 1. The van der Waals surface area contributed by atoms with Gasteiger partial charge in [-0.3, -0.25) is 0 Å². The van der Waals surface area contributed by atoms with Crippen LogP contribution in [0.4, 0.5) is 16.4 Å². The summed E-state index contributed by atoms with van der Waals surface area (Å²) in [7, 11) is 1.53. The number of hydrogen-bond donors (Lipinski definition) is 2. The summed E-state index contributed by atoms with van der Waals surface area (Å²) in [4.78, 5) is 16.5. The zero-order valence-corrected chi connectivity index (χ0v) is 14.4. The monoisotopic (exact) mass is 355 g/mol. The minimum absolute atomic E-state index is 0.0305. The lowest BCUT2D eigenvalue weighted by Crippen LogP contribution is -2.22. The van der Waals surface area contributed by atoms with E-state index >= 15 is 0 Å². The number of nitrogens with one attached hydrogen (secondary N) is 1. The zero-order chi connectivity index (χ0) is 17.6. The van der Waals surface area contributed by atoms with Gasteiger partial charge in [0.05, 0.1) is 12.8 Å². The van der Waals surface area contributed by atoms with Crippen molar-refractivity contribution in [1.29, 1.82) is 0 Å². The van der Waals surface area contributed by atoms with E-state index in [0.717, 1.165) is 10.2 Å². The van der Waals surface area contributed by atoms with Crippen LogP contribution in [-0.2, 0) is 5.75 Å². The van der Waals surface area contributed by atoms with Crippen LogP contribution in [0.25, 0.3) is 0 Å². The Kier molecular flexibility index (Phi) is 5.20. The van der Waals surface area contributed by atoms with E-state index in [4.69, 9.17) is 10.5 Å². The molecule has 0 aliphatic carbocycles. The lowest BCUT2D eigenvalue weighted by atomic mass is 10.2. The number of rotatable bonds is 5. The van der Waals surface area contributed by atoms with Gasteiger partial charge >= 0.3 is 6.03 Å². The van der Waals surface area contributed by atoms with Gasteiger partial charge in [0.15, 0.2) is 0 Å². The van der Waals surface area contributed by atoms with Crippen molar-refractivity contribution in [3.05, 3.63) is 60.2 Å². The molecule has 1 amide bonds. The molecule has 3 N–H and O–H groups in total. The Labute approximate surface area is 149 Å². The molecule has 7 nitrogen and oxygen atoms in total. The highest BCUT2D eigenvalue weighted by Crippen LogP contribution is 2.24. The molecule has 0 saturated carbocycles. The fraction of sp³-hybridized carbons (Fsp3) is 0.118. The van der Waals surface area contributed by atoms with Gasteiger partial charge in [-0.25, -0.2) is 4.79 Å². The van der Waals surface area contributed by atoms with Crippen LogP contribution in [0.1, 0.15) is 5.56 Å². The van der Waals surface area contributed by atoms with E-state index in [1.807, 2.05) is 36.4 Å². The molecule has 0 aliphatic rings. The van der Waals surface area contributed by atoms with Crippen molar-refractivity contribution < 1.29 is 9.53 Å². The first-order valence-corrected chi connectivity index (χ1v) is 8.49. The van der Waals surface area contributed by atoms with Gasteiger partial charge in [0.2, 0.25) is 11.1 Å². The normalized spacial score (nSPS) is 10.4. The van der Waals surface area contributed by atoms with Crippen LogP contribution >= 0.6 is 11.8 Å². The molecular formula is C17H17N5O2S. The SMILES string of the molecule is COc1ccccc1NC(=O)n1nc(SCc2ccccc2)nc1N. The van der Waals surface area contributed by atoms with E-state index < -0.39 is 6.03 Å². The molecule has 0 saturated heterocycles. The van der Waals surface area contributed by atoms with Crippen LogP contribution in [0.5, 0.6) is 5.75 Å². The van der Waals surface area contributed by atoms with Gasteiger partial charge < -0.3 is 15.8 Å². The summed E-state index contributed by atoms with van der Waals surface area (Å²) in [5.41, 5.74) is 7.49. The van der Waals surface area contributed by atoms with Crippen LogP contribution in [-0.4, -0.2) is 27.9 Å². The van der Waals surface area contributed by atoms with Crippen molar-refractivity contribution in [1.82, 2.24) is 14.8 Å². The predicted octanol–water partition coefficient (Wildman–Crippen LogP) is 3.24. The van der Waals surface area contributed by atoms with Gasteiger partial charge in [0.25, 0.3) is 0 Å². The maximum Gasteiger partial charge on any atom is 0.349 e. The van der Waals surface area contributed by atoms with Crippen LogP contribution in [0, 0.1) is 0 Å². The van der Waals surface area contributed by atoms with Crippen molar-refractivity contribution in [2.24, 2.45) is 0 Å². The summed E-state index contributed by atoms with van der Waals surface area (Å²) < 4.78 is 6.25. The summed E-state index contributed by atoms with van der Waals surface area (Å²) in [6.07, 6.45) is 0. The third kappa shape index (κ3) is 4.10. The predicted molar refractivity (Wildman–Crippen MR) is 97.8 cm³/mol. The molecule has 0 unspecified atom stereocenters. The lowest BCUT2D eigenvalue weighted by molar-refractivity contribution is 0.251. The molecule has 0 spiro atoms. The molecule has 3 aromatic rings. The first-order chi connectivity index (χ1) is 12.2. The van der Waals surface area contributed by atoms with Crippen molar-refractivity contribution in [3.8, 4) is 5.75 Å². The fourth-order valence-electron chi connectivity index (χ4n) is 2.15. The number of para-hydroxylation sites is 2. The Bertz CT molecular complexity index is 866. The number of carbonyl (C=O) groups is 1. The van der Waals surface area contributed by atoms with E-state index in [1.54, 1.807) is 18.2 Å². The Hall–Kier alpha value is -3.00. The topological polar surface area (TPSA) is 95.1 Å². The van der Waals surface area contributed by atoms with Crippen molar-refractivity contribution in [2.75, 3.05) is 18.2 Å². The van der Waals surface area contributed by atoms with Crippen LogP contribution in [0.2, 0.25) is 0 Å². The molecule has 2 aromatic carbocycles. The number of nitrogen functional groups attached to an aromatic ring is 1. The van der Waals surface area contributed by atoms with Gasteiger partial charge in [0, 0.05) is 5.75 Å². The van der Waals surface area contributed by atoms with Gasteiger partial charge in [-0.1, -0.05) is 54.2 Å². The summed E-state index contributed by atoms with van der Waals surface area (Å²) in [6, 6.07) is 16.5. The van der Waals surface area contributed by atoms with Crippen LogP contribution in [0.15, 0.2) is 59.8 Å². The van der Waals surface area contributed by atoms with E-state index in [9.17, 15) is 4.79 Å². The number of nitrogens with zero attached hydrogens (tertiary/aromatic N) is 3. The number of benzene rings is 2. The molecule has 8 heteroatoms. The van der Waals surface area contributed by atoms with E-state index in [0.29, 0.717) is 22.3 Å². The molecule has 0 bridgehead atoms. The number of ether oxygens (including phenoxy) is 1. The molecule has 0 atom stereocenters. The first kappa shape index (κ1) is 16.8. The van der Waals surface area contributed by atoms with Crippen LogP contribution in [0.3, 0.4) is 0 Å². The van der Waals surface area contributed by atoms with Crippen molar-refractivity contribution in [3.63, 3.8) is 0 Å². The molecule has 1 aromatic heterocycles. The largest absolute Gasteiger partial charge is 0.495 e. The molecule has 0 aliphatic heterocycles. The third-order valence-corrected chi connectivity index (χ3v) is 4.27. The first-order valence-electron chi connectivity index (χ1n) is 7.51. The maximum atomic E-state index is 12.4. The van der Waals surface area contributed by atoms with Gasteiger partial charge in [-0.15, -0.1) is 9.78 Å². The number of aromatic nitrogens is 3. The molecule has 128 valence electrons. The second kappa shape index (κ2) is 7.71. The summed E-state index contributed by atoms with van der Waals surface area (Å²) in [5, 5.41) is 7.32. The second-order valence-corrected chi connectivity index (χ2v) is 6.01. The Morgan fingerprint density at radius 3 is 2.68 bits per heavy atom. The molecular weight excluding hydrogens is 338 g/mol. The molecule has 25 heavy (non-hydrogen) atoms. The highest BCUT2D eigenvalue weighted by atomic mass is 32.2. The van der Waals surface area contributed by atoms with Crippen molar-refractivity contribution >= 4 is 29.4 Å². The number of hydrogen-bond acceptors (Lipinski definition) is 6. The molecule has 0 fully saturated rings. The summed E-state index contributed by atoms with van der Waals surface area (Å²) in [6.45, 7) is 0. The van der Waals surface area contributed by atoms with Crippen molar-refractivity contribution in [2.45, 2.75) is 10.9 Å². The smallest absolute Gasteiger partial charge is 0.349 e. The van der Waals surface area contributed by atoms with E-state index in [1.165, 1.54) is 18.9 Å². The zero-order valence-electron chi connectivity index (χ0n) is 13.5. The second-order valence-electron chi connectivity index (χ2n) is 5.07. The minimum Gasteiger partial charge on any atom is -0.495 e. The molecule has 3 rings (SSSR count). The van der Waals surface area contributed by atoms with Gasteiger partial charge in [-0.2, -0.15) is 4.98 Å². The summed E-state index contributed by atoms with van der Waals surface area (Å²) in [5.74, 6) is 1.27. The van der Waals surface area contributed by atoms with E-state index in [2.05, 4.69) is 15.4 Å². The maximum absolute atomic E-state index is 12.4. The standard InChI is InChI=1S/C17H17N5O2S/c1-24-14-10-6-5-9-13(14)19-17(23)22-15(18)20-16(21-22)25-11-12-7-3-2-4-8-12/h2-10H,11H2,1H3,(H,19,23)(H2,18,20,21). The lowest BCUT2D eigenvalue weighted by Gasteiger charge is -2.09. The number of carbonyl (C=O) groups excluding carboxylic acids is 1. The number of nitrogens with two attached hydrogens (primary N) is 1. The highest BCUT2D eigenvalue weighted by Gasteiger charge is 2.16. The summed E-state index contributed by atoms with van der Waals surface area (Å²) >= 11 is 1.41. The van der Waals surface area contributed by atoms with E-state index in [-0.39, 0.29) is 5.95 Å². The average Bonchev–Trinajstić information content (AvgIpc) is 3.02. The third-order valence-electron chi connectivity index (χ3n) is 3.36. The van der Waals surface area contributed by atoms with Crippen LogP contribution < -0.4 is 15.8 Å². The molecule has 0 radical (unpaired) electrons. The highest BCUT2D eigenvalue weighted by molar-refractivity contribution is 7.98. The number of thioether (sulfide) groups is 1. The quantitative estimate of drug-likeness (QED) is 0.682. The average molecular weight is 355 g/mol. The number of amides is 1. The Balaban J connectivity index is 1.70.